The summed E-state index contributed by atoms with van der Waals surface area (Å²) < 4.78 is 4.61. The number of aryl methyl sites for hydroxylation is 1. The summed E-state index contributed by atoms with van der Waals surface area (Å²) in [6, 6.07) is 4.65. The van der Waals surface area contributed by atoms with E-state index < -0.39 is 23.1 Å². The zero-order valence-electron chi connectivity index (χ0n) is 10.0. The maximum atomic E-state index is 12.1. The van der Waals surface area contributed by atoms with Gasteiger partial charge in [-0.05, 0) is 19.4 Å². The second-order valence-corrected chi connectivity index (χ2v) is 4.09. The molecule has 0 spiro atoms. The summed E-state index contributed by atoms with van der Waals surface area (Å²) in [4.78, 5) is 35.8. The molecule has 0 aliphatic heterocycles. The number of ketones is 2. The first-order valence-corrected chi connectivity index (χ1v) is 5.53. The average molecular weight is 248 g/mol. The molecule has 0 saturated carbocycles. The Bertz CT molecular complexity index is 561. The molecule has 0 heterocycles. The molecule has 0 radical (unpaired) electrons. The number of aliphatic hydroxyl groups is 1. The molecule has 1 aliphatic rings. The third kappa shape index (κ3) is 1.41. The maximum Gasteiger partial charge on any atom is 0.354 e. The Morgan fingerprint density at radius 3 is 2.56 bits per heavy atom. The SMILES string of the molecule is CCOC(=O)C1(O)C(=O)c2cccc(C)c2C1=O. The summed E-state index contributed by atoms with van der Waals surface area (Å²) >= 11 is 0. The number of carbonyl (C=O) groups is 3. The lowest BCUT2D eigenvalue weighted by Gasteiger charge is -2.16. The van der Waals surface area contributed by atoms with Crippen LogP contribution in [-0.4, -0.2) is 34.9 Å². The summed E-state index contributed by atoms with van der Waals surface area (Å²) in [5, 5.41) is 10.1. The minimum Gasteiger partial charge on any atom is -0.463 e. The molecule has 0 amide bonds. The van der Waals surface area contributed by atoms with Gasteiger partial charge in [-0.3, -0.25) is 9.59 Å². The number of ether oxygens (including phenoxy) is 1. The van der Waals surface area contributed by atoms with Gasteiger partial charge in [0.05, 0.1) is 6.61 Å². The topological polar surface area (TPSA) is 80.7 Å². The number of benzene rings is 1. The van der Waals surface area contributed by atoms with Gasteiger partial charge in [0.25, 0.3) is 5.60 Å². The molecule has 5 nitrogen and oxygen atoms in total. The van der Waals surface area contributed by atoms with E-state index in [0.717, 1.165) is 0 Å². The highest BCUT2D eigenvalue weighted by Gasteiger charge is 2.59. The van der Waals surface area contributed by atoms with Crippen molar-refractivity contribution in [1.29, 1.82) is 0 Å². The van der Waals surface area contributed by atoms with E-state index in [2.05, 4.69) is 4.74 Å². The molecule has 1 aromatic carbocycles. The molecular weight excluding hydrogens is 236 g/mol. The van der Waals surface area contributed by atoms with Crippen LogP contribution in [0.3, 0.4) is 0 Å². The fraction of sp³-hybridized carbons (Fsp3) is 0.308. The number of Topliss-reactive ketones (excluding diaryl/α,β-unsaturated/α-hetero) is 2. The van der Waals surface area contributed by atoms with Crippen LogP contribution in [0.5, 0.6) is 0 Å². The van der Waals surface area contributed by atoms with Crippen molar-refractivity contribution in [1.82, 2.24) is 0 Å². The van der Waals surface area contributed by atoms with Crippen LogP contribution in [0.4, 0.5) is 0 Å². The van der Waals surface area contributed by atoms with Gasteiger partial charge in [0.2, 0.25) is 11.6 Å². The van der Waals surface area contributed by atoms with Gasteiger partial charge in [0.15, 0.2) is 0 Å². The van der Waals surface area contributed by atoms with E-state index in [9.17, 15) is 19.5 Å². The van der Waals surface area contributed by atoms with Gasteiger partial charge in [0.1, 0.15) is 0 Å². The van der Waals surface area contributed by atoms with E-state index in [1.165, 1.54) is 13.0 Å². The third-order valence-corrected chi connectivity index (χ3v) is 2.97. The summed E-state index contributed by atoms with van der Waals surface area (Å²) in [5.41, 5.74) is -2.01. The average Bonchev–Trinajstić information content (AvgIpc) is 2.54. The lowest BCUT2D eigenvalue weighted by molar-refractivity contribution is -0.155. The van der Waals surface area contributed by atoms with Crippen molar-refractivity contribution in [2.45, 2.75) is 19.4 Å². The molecule has 0 bridgehead atoms. The Labute approximate surface area is 103 Å². The molecule has 18 heavy (non-hydrogen) atoms. The van der Waals surface area contributed by atoms with Gasteiger partial charge in [-0.2, -0.15) is 0 Å². The van der Waals surface area contributed by atoms with Gasteiger partial charge in [-0.1, -0.05) is 18.2 Å². The molecule has 1 unspecified atom stereocenters. The number of hydrogen-bond acceptors (Lipinski definition) is 5. The predicted molar refractivity (Wildman–Crippen MR) is 61.4 cm³/mol. The number of fused-ring (bicyclic) bond motifs is 1. The molecule has 1 atom stereocenters. The van der Waals surface area contributed by atoms with Crippen LogP contribution in [0.2, 0.25) is 0 Å². The number of esters is 1. The van der Waals surface area contributed by atoms with Crippen LogP contribution >= 0.6 is 0 Å². The summed E-state index contributed by atoms with van der Waals surface area (Å²) in [6.07, 6.45) is 0. The van der Waals surface area contributed by atoms with Crippen LogP contribution in [-0.2, 0) is 9.53 Å². The van der Waals surface area contributed by atoms with E-state index in [0.29, 0.717) is 5.56 Å². The van der Waals surface area contributed by atoms with Crippen LogP contribution in [0, 0.1) is 6.92 Å². The summed E-state index contributed by atoms with van der Waals surface area (Å²) in [6.45, 7) is 3.15. The molecule has 1 N–H and O–H groups in total. The fourth-order valence-electron chi connectivity index (χ4n) is 2.06. The normalized spacial score (nSPS) is 21.9. The van der Waals surface area contributed by atoms with Crippen molar-refractivity contribution in [3.05, 3.63) is 34.9 Å². The zero-order valence-corrected chi connectivity index (χ0v) is 10.0. The van der Waals surface area contributed by atoms with E-state index >= 15 is 0 Å². The predicted octanol–water partition coefficient (Wildman–Crippen LogP) is 0.668. The molecule has 1 aromatic rings. The van der Waals surface area contributed by atoms with Crippen molar-refractivity contribution < 1.29 is 24.2 Å². The highest BCUT2D eigenvalue weighted by atomic mass is 16.6. The fourth-order valence-corrected chi connectivity index (χ4v) is 2.06. The zero-order chi connectivity index (χ0) is 13.5. The van der Waals surface area contributed by atoms with Crippen LogP contribution in [0.25, 0.3) is 0 Å². The molecule has 0 fully saturated rings. The molecule has 2 rings (SSSR count). The third-order valence-electron chi connectivity index (χ3n) is 2.97. The molecular formula is C13H12O5. The van der Waals surface area contributed by atoms with Crippen LogP contribution in [0.1, 0.15) is 33.2 Å². The largest absolute Gasteiger partial charge is 0.463 e. The lowest BCUT2D eigenvalue weighted by atomic mass is 9.97. The minimum absolute atomic E-state index is 0.0168. The summed E-state index contributed by atoms with van der Waals surface area (Å²) in [5.74, 6) is -3.03. The van der Waals surface area contributed by atoms with Crippen molar-refractivity contribution in [2.24, 2.45) is 0 Å². The Balaban J connectivity index is 2.59. The van der Waals surface area contributed by atoms with Gasteiger partial charge < -0.3 is 9.84 Å². The van der Waals surface area contributed by atoms with Crippen LogP contribution < -0.4 is 0 Å². The standard InChI is InChI=1S/C13H12O5/c1-3-18-12(16)13(17)10(14)8-6-4-5-7(2)9(8)11(13)15/h4-6,17H,3H2,1-2H3. The smallest absolute Gasteiger partial charge is 0.354 e. The number of rotatable bonds is 2. The van der Waals surface area contributed by atoms with Crippen molar-refractivity contribution in [3.8, 4) is 0 Å². The second-order valence-electron chi connectivity index (χ2n) is 4.09. The molecule has 5 heteroatoms. The van der Waals surface area contributed by atoms with E-state index in [1.54, 1.807) is 19.1 Å². The van der Waals surface area contributed by atoms with Crippen molar-refractivity contribution >= 4 is 17.5 Å². The van der Waals surface area contributed by atoms with Gasteiger partial charge in [0, 0.05) is 11.1 Å². The van der Waals surface area contributed by atoms with Crippen molar-refractivity contribution in [3.63, 3.8) is 0 Å². The minimum atomic E-state index is -2.72. The number of carbonyl (C=O) groups excluding carboxylic acids is 3. The first kappa shape index (κ1) is 12.4. The Morgan fingerprint density at radius 1 is 1.33 bits per heavy atom. The molecule has 94 valence electrons. The second kappa shape index (κ2) is 4.03. The van der Waals surface area contributed by atoms with Crippen molar-refractivity contribution in [2.75, 3.05) is 6.61 Å². The van der Waals surface area contributed by atoms with Gasteiger partial charge in [-0.25, -0.2) is 4.79 Å². The van der Waals surface area contributed by atoms with Crippen LogP contribution in [0.15, 0.2) is 18.2 Å². The Hall–Kier alpha value is -2.01. The maximum absolute atomic E-state index is 12.1. The highest BCUT2D eigenvalue weighted by Crippen LogP contribution is 2.33. The molecule has 0 saturated heterocycles. The molecule has 1 aliphatic carbocycles. The van der Waals surface area contributed by atoms with E-state index in [4.69, 9.17) is 0 Å². The van der Waals surface area contributed by atoms with E-state index in [1.807, 2.05) is 0 Å². The number of hydrogen-bond donors (Lipinski definition) is 1. The Kier molecular flexibility index (Phi) is 2.78. The monoisotopic (exact) mass is 248 g/mol. The first-order chi connectivity index (χ1) is 8.44. The lowest BCUT2D eigenvalue weighted by Crippen LogP contribution is -2.50. The van der Waals surface area contributed by atoms with Gasteiger partial charge >= 0.3 is 5.97 Å². The first-order valence-electron chi connectivity index (χ1n) is 5.53. The molecule has 0 aromatic heterocycles. The highest BCUT2D eigenvalue weighted by molar-refractivity contribution is 6.41. The van der Waals surface area contributed by atoms with E-state index in [-0.39, 0.29) is 17.7 Å². The van der Waals surface area contributed by atoms with Gasteiger partial charge in [-0.15, -0.1) is 0 Å². The Morgan fingerprint density at radius 2 is 2.00 bits per heavy atom. The summed E-state index contributed by atoms with van der Waals surface area (Å²) in [7, 11) is 0. The quantitative estimate of drug-likeness (QED) is 0.614.